The molecule has 0 spiro atoms. The number of rotatable bonds is 5. The van der Waals surface area contributed by atoms with Crippen LogP contribution in [0, 0.1) is 0 Å². The second kappa shape index (κ2) is 9.57. The summed E-state index contributed by atoms with van der Waals surface area (Å²) in [6, 6.07) is 3.29. The summed E-state index contributed by atoms with van der Waals surface area (Å²) in [5.74, 6) is 0.831. The van der Waals surface area contributed by atoms with Crippen LogP contribution in [0.2, 0.25) is 0 Å². The second-order valence-corrected chi connectivity index (χ2v) is 8.45. The van der Waals surface area contributed by atoms with Gasteiger partial charge in [0.15, 0.2) is 0 Å². The highest BCUT2D eigenvalue weighted by Crippen LogP contribution is 2.26. The monoisotopic (exact) mass is 400 g/mol. The van der Waals surface area contributed by atoms with Gasteiger partial charge in [0.2, 0.25) is 11.8 Å². The van der Waals surface area contributed by atoms with Gasteiger partial charge in [0.05, 0.1) is 19.3 Å². The van der Waals surface area contributed by atoms with Crippen molar-refractivity contribution < 1.29 is 14.3 Å². The number of nitrogens with zero attached hydrogens (tertiary/aromatic N) is 4. The molecular formula is C22H32N4O3. The van der Waals surface area contributed by atoms with Gasteiger partial charge in [-0.1, -0.05) is 12.8 Å². The smallest absolute Gasteiger partial charge is 0.245 e. The third-order valence-corrected chi connectivity index (χ3v) is 6.28. The van der Waals surface area contributed by atoms with Crippen LogP contribution in [0.15, 0.2) is 24.5 Å². The predicted molar refractivity (Wildman–Crippen MR) is 109 cm³/mol. The average Bonchev–Trinajstić information content (AvgIpc) is 3.35. The molecule has 0 radical (unpaired) electrons. The molecule has 3 aliphatic rings. The van der Waals surface area contributed by atoms with Gasteiger partial charge in [-0.3, -0.25) is 19.5 Å². The van der Waals surface area contributed by atoms with E-state index in [1.54, 1.807) is 17.3 Å². The number of carbonyl (C=O) groups excluding carboxylic acids is 2. The van der Waals surface area contributed by atoms with Crippen LogP contribution in [-0.4, -0.2) is 82.9 Å². The molecule has 7 nitrogen and oxygen atoms in total. The quantitative estimate of drug-likeness (QED) is 0.756. The first-order valence-electron chi connectivity index (χ1n) is 11.1. The zero-order valence-electron chi connectivity index (χ0n) is 17.2. The van der Waals surface area contributed by atoms with Crippen molar-refractivity contribution in [1.82, 2.24) is 19.7 Å². The van der Waals surface area contributed by atoms with E-state index in [0.29, 0.717) is 25.3 Å². The second-order valence-electron chi connectivity index (χ2n) is 8.45. The Morgan fingerprint density at radius 2 is 1.76 bits per heavy atom. The van der Waals surface area contributed by atoms with Crippen molar-refractivity contribution in [2.45, 2.75) is 57.1 Å². The molecule has 29 heavy (non-hydrogen) atoms. The first-order valence-corrected chi connectivity index (χ1v) is 11.1. The van der Waals surface area contributed by atoms with Crippen LogP contribution in [0.25, 0.3) is 0 Å². The Kier molecular flexibility index (Phi) is 6.64. The van der Waals surface area contributed by atoms with E-state index < -0.39 is 6.04 Å². The molecule has 1 aromatic rings. The zero-order chi connectivity index (χ0) is 20.1. The van der Waals surface area contributed by atoms with E-state index >= 15 is 0 Å². The third-order valence-electron chi connectivity index (χ3n) is 6.28. The van der Waals surface area contributed by atoms with Gasteiger partial charge in [-0.05, 0) is 50.9 Å². The molecule has 1 aromatic heterocycles. The molecule has 3 fully saturated rings. The summed E-state index contributed by atoms with van der Waals surface area (Å²) in [5.41, 5.74) is 0. The van der Waals surface area contributed by atoms with Crippen LogP contribution >= 0.6 is 0 Å². The molecule has 0 N–H and O–H groups in total. The number of hydrogen-bond acceptors (Lipinski definition) is 5. The summed E-state index contributed by atoms with van der Waals surface area (Å²) in [4.78, 5) is 36.4. The maximum absolute atomic E-state index is 13.2. The summed E-state index contributed by atoms with van der Waals surface area (Å²) < 4.78 is 6.07. The zero-order valence-corrected chi connectivity index (χ0v) is 17.2. The first kappa shape index (κ1) is 20.1. The van der Waals surface area contributed by atoms with Gasteiger partial charge in [0.1, 0.15) is 17.9 Å². The normalized spacial score (nSPS) is 25.8. The molecular weight excluding hydrogens is 368 g/mol. The van der Waals surface area contributed by atoms with Gasteiger partial charge >= 0.3 is 0 Å². The fourth-order valence-corrected chi connectivity index (χ4v) is 4.73. The lowest BCUT2D eigenvalue weighted by Crippen LogP contribution is -2.49. The molecule has 0 aliphatic carbocycles. The fraction of sp³-hybridized carbons (Fsp3) is 0.682. The van der Waals surface area contributed by atoms with Crippen molar-refractivity contribution in [3.05, 3.63) is 24.5 Å². The summed E-state index contributed by atoms with van der Waals surface area (Å²) in [7, 11) is 0. The summed E-state index contributed by atoms with van der Waals surface area (Å²) in [6.45, 7) is 4.42. The average molecular weight is 401 g/mol. The van der Waals surface area contributed by atoms with Gasteiger partial charge in [-0.25, -0.2) is 0 Å². The van der Waals surface area contributed by atoms with Gasteiger partial charge < -0.3 is 14.5 Å². The van der Waals surface area contributed by atoms with Gasteiger partial charge in [-0.15, -0.1) is 0 Å². The Hall–Kier alpha value is -2.15. The van der Waals surface area contributed by atoms with Crippen LogP contribution < -0.4 is 4.74 Å². The molecule has 4 heterocycles. The Morgan fingerprint density at radius 3 is 2.45 bits per heavy atom. The Labute approximate surface area is 173 Å². The molecule has 3 saturated heterocycles. The van der Waals surface area contributed by atoms with Crippen molar-refractivity contribution >= 4 is 11.8 Å². The molecule has 0 unspecified atom stereocenters. The molecule has 158 valence electrons. The van der Waals surface area contributed by atoms with E-state index in [9.17, 15) is 9.59 Å². The van der Waals surface area contributed by atoms with Crippen LogP contribution in [0.1, 0.15) is 44.9 Å². The number of carbonyl (C=O) groups is 2. The van der Waals surface area contributed by atoms with E-state index in [0.717, 1.165) is 51.9 Å². The number of hydrogen-bond donors (Lipinski definition) is 0. The lowest BCUT2D eigenvalue weighted by Gasteiger charge is -2.29. The molecule has 3 aliphatic heterocycles. The van der Waals surface area contributed by atoms with Gasteiger partial charge in [-0.2, -0.15) is 0 Å². The Bertz CT molecular complexity index is 685. The SMILES string of the molecule is O=C([C@@H]1C[C@H](Oc2cccnc2)CN1C(=O)CN1CCCCCC1)N1CCCC1. The van der Waals surface area contributed by atoms with Crippen molar-refractivity contribution in [3.8, 4) is 5.75 Å². The van der Waals surface area contributed by atoms with E-state index in [-0.39, 0.29) is 17.9 Å². The topological polar surface area (TPSA) is 66.0 Å². The van der Waals surface area contributed by atoms with Crippen molar-refractivity contribution in [2.75, 3.05) is 39.3 Å². The van der Waals surface area contributed by atoms with Crippen molar-refractivity contribution in [3.63, 3.8) is 0 Å². The van der Waals surface area contributed by atoms with Crippen LogP contribution in [-0.2, 0) is 9.59 Å². The fourth-order valence-electron chi connectivity index (χ4n) is 4.73. The van der Waals surface area contributed by atoms with Crippen LogP contribution in [0.4, 0.5) is 0 Å². The molecule has 4 rings (SSSR count). The minimum atomic E-state index is -0.408. The van der Waals surface area contributed by atoms with Gasteiger partial charge in [0, 0.05) is 25.7 Å². The largest absolute Gasteiger partial charge is 0.487 e. The summed E-state index contributed by atoms with van der Waals surface area (Å²) in [6.07, 6.45) is 10.6. The highest BCUT2D eigenvalue weighted by atomic mass is 16.5. The van der Waals surface area contributed by atoms with E-state index in [1.165, 1.54) is 12.8 Å². The van der Waals surface area contributed by atoms with Crippen LogP contribution in [0.3, 0.4) is 0 Å². The standard InChI is InChI=1S/C22H32N4O3/c27-21(17-24-10-3-1-2-4-11-24)26-16-19(29-18-8-7-9-23-15-18)14-20(26)22(28)25-12-5-6-13-25/h7-9,15,19-20H,1-6,10-14,16-17H2/t19-,20-/m0/s1. The predicted octanol–water partition coefficient (Wildman–Crippen LogP) is 1.93. The maximum Gasteiger partial charge on any atom is 0.245 e. The van der Waals surface area contributed by atoms with E-state index in [2.05, 4.69) is 9.88 Å². The third kappa shape index (κ3) is 5.07. The van der Waals surface area contributed by atoms with Crippen molar-refractivity contribution in [1.29, 1.82) is 0 Å². The molecule has 0 aromatic carbocycles. The molecule has 7 heteroatoms. The molecule has 2 amide bonds. The molecule has 0 bridgehead atoms. The number of likely N-dealkylation sites (tertiary alicyclic amines) is 3. The van der Waals surface area contributed by atoms with E-state index in [4.69, 9.17) is 4.74 Å². The summed E-state index contributed by atoms with van der Waals surface area (Å²) >= 11 is 0. The number of aromatic nitrogens is 1. The number of pyridine rings is 1. The van der Waals surface area contributed by atoms with Crippen molar-refractivity contribution in [2.24, 2.45) is 0 Å². The minimum absolute atomic E-state index is 0.0572. The minimum Gasteiger partial charge on any atom is -0.487 e. The number of amides is 2. The number of ether oxygens (including phenoxy) is 1. The Morgan fingerprint density at radius 1 is 1.03 bits per heavy atom. The molecule has 2 atom stereocenters. The lowest BCUT2D eigenvalue weighted by molar-refractivity contribution is -0.143. The van der Waals surface area contributed by atoms with E-state index in [1.807, 2.05) is 17.0 Å². The summed E-state index contributed by atoms with van der Waals surface area (Å²) in [5, 5.41) is 0. The Balaban J connectivity index is 1.44. The maximum atomic E-state index is 13.2. The van der Waals surface area contributed by atoms with Crippen LogP contribution in [0.5, 0.6) is 5.75 Å². The highest BCUT2D eigenvalue weighted by Gasteiger charge is 2.43. The lowest BCUT2D eigenvalue weighted by atomic mass is 10.1. The van der Waals surface area contributed by atoms with Gasteiger partial charge in [0.25, 0.3) is 0 Å². The highest BCUT2D eigenvalue weighted by molar-refractivity contribution is 5.89. The first-order chi connectivity index (χ1) is 14.2. The molecule has 0 saturated carbocycles.